The molecule has 0 radical (unpaired) electrons. The third-order valence-electron chi connectivity index (χ3n) is 7.13. The first-order valence-corrected chi connectivity index (χ1v) is 12.0. The number of pyridine rings is 1. The van der Waals surface area contributed by atoms with Gasteiger partial charge in [-0.05, 0) is 71.5 Å². The minimum absolute atomic E-state index is 0.124. The van der Waals surface area contributed by atoms with Crippen molar-refractivity contribution >= 4 is 11.9 Å². The van der Waals surface area contributed by atoms with Crippen LogP contribution in [0.3, 0.4) is 0 Å². The third kappa shape index (κ3) is 4.84. The van der Waals surface area contributed by atoms with Crippen LogP contribution in [0.15, 0.2) is 36.8 Å². The van der Waals surface area contributed by atoms with Gasteiger partial charge in [0.25, 0.3) is 5.91 Å². The minimum Gasteiger partial charge on any atom is -0.457 e. The van der Waals surface area contributed by atoms with Gasteiger partial charge in [-0.15, -0.1) is 5.10 Å². The summed E-state index contributed by atoms with van der Waals surface area (Å²) in [5.74, 6) is 0.0413. The molecule has 0 aliphatic carbocycles. The van der Waals surface area contributed by atoms with Gasteiger partial charge < -0.3 is 15.2 Å². The Kier molecular flexibility index (Phi) is 6.50. The van der Waals surface area contributed by atoms with Crippen molar-refractivity contribution in [2.75, 3.05) is 26.2 Å². The molecule has 5 rings (SSSR count). The summed E-state index contributed by atoms with van der Waals surface area (Å²) < 4.78 is 6.56. The van der Waals surface area contributed by atoms with E-state index in [1.54, 1.807) is 18.2 Å². The summed E-state index contributed by atoms with van der Waals surface area (Å²) in [6.07, 6.45) is 4.24. The van der Waals surface area contributed by atoms with Crippen LogP contribution in [0.4, 0.5) is 0 Å². The normalized spacial score (nSPS) is 20.6. The van der Waals surface area contributed by atoms with E-state index >= 15 is 0 Å². The molecule has 1 fully saturated rings. The second kappa shape index (κ2) is 9.75. The Labute approximate surface area is 208 Å². The molecule has 2 unspecified atom stereocenters. The molecule has 36 heavy (non-hydrogen) atoms. The summed E-state index contributed by atoms with van der Waals surface area (Å²) in [7, 11) is 0. The number of cyclic esters (lactones) is 1. The third-order valence-corrected chi connectivity index (χ3v) is 7.13. The molecule has 1 amide bonds. The van der Waals surface area contributed by atoms with Crippen molar-refractivity contribution in [3.8, 4) is 5.82 Å². The average molecular weight is 492 g/mol. The first kappa shape index (κ1) is 24.0. The number of β-amino-alcohol motifs (C(OH)–C–C–N with tert-alkyl or cyclic N) is 1. The predicted molar refractivity (Wildman–Crippen MR) is 128 cm³/mol. The number of tetrazole rings is 1. The molecule has 2 aromatic heterocycles. The number of carbonyl (C=O) groups excluding carboxylic acids is 2. The number of likely N-dealkylation sites (tertiary alicyclic amines) is 1. The summed E-state index contributed by atoms with van der Waals surface area (Å²) in [5, 5.41) is 25.0. The zero-order valence-corrected chi connectivity index (χ0v) is 20.3. The molecule has 0 spiro atoms. The highest BCUT2D eigenvalue weighted by Crippen LogP contribution is 2.32. The molecule has 2 aliphatic rings. The Morgan fingerprint density at radius 2 is 2.17 bits per heavy atom. The number of aliphatic hydroxyl groups is 1. The van der Waals surface area contributed by atoms with Crippen molar-refractivity contribution in [3.63, 3.8) is 0 Å². The highest BCUT2D eigenvalue weighted by Gasteiger charge is 2.33. The zero-order chi connectivity index (χ0) is 25.3. The van der Waals surface area contributed by atoms with Crippen molar-refractivity contribution in [3.05, 3.63) is 64.6 Å². The maximum atomic E-state index is 12.7. The van der Waals surface area contributed by atoms with Crippen LogP contribution in [0.1, 0.15) is 63.3 Å². The Morgan fingerprint density at radius 1 is 1.31 bits per heavy atom. The van der Waals surface area contributed by atoms with E-state index in [-0.39, 0.29) is 23.9 Å². The number of nitrogens with one attached hydrogen (secondary N) is 1. The molecule has 0 saturated carbocycles. The number of amides is 1. The molecular weight excluding hydrogens is 462 g/mol. The molecule has 0 bridgehead atoms. The van der Waals surface area contributed by atoms with Crippen molar-refractivity contribution in [2.24, 2.45) is 5.41 Å². The molecule has 2 N–H and O–H groups in total. The van der Waals surface area contributed by atoms with Crippen LogP contribution in [-0.2, 0) is 11.3 Å². The molecule has 2 aliphatic heterocycles. The van der Waals surface area contributed by atoms with E-state index in [2.05, 4.69) is 37.6 Å². The number of fused-ring (bicyclic) bond motifs is 1. The fraction of sp³-hybridized carbons (Fsp3) is 0.440. The van der Waals surface area contributed by atoms with Crippen molar-refractivity contribution in [1.82, 2.24) is 35.4 Å². The molecule has 2 atom stereocenters. The average Bonchev–Trinajstić information content (AvgIpc) is 3.54. The van der Waals surface area contributed by atoms with Crippen LogP contribution in [0.2, 0.25) is 0 Å². The lowest BCUT2D eigenvalue weighted by atomic mass is 9.81. The summed E-state index contributed by atoms with van der Waals surface area (Å²) in [6, 6.07) is 6.96. The van der Waals surface area contributed by atoms with Crippen molar-refractivity contribution in [1.29, 1.82) is 0 Å². The van der Waals surface area contributed by atoms with Crippen molar-refractivity contribution in [2.45, 2.75) is 39.4 Å². The number of nitrogens with zero attached hydrogens (tertiary/aromatic N) is 6. The highest BCUT2D eigenvalue weighted by molar-refractivity contribution is 5.94. The van der Waals surface area contributed by atoms with Crippen molar-refractivity contribution < 1.29 is 19.4 Å². The van der Waals surface area contributed by atoms with Crippen LogP contribution in [-0.4, -0.2) is 73.3 Å². The first-order valence-electron chi connectivity index (χ1n) is 12.0. The van der Waals surface area contributed by atoms with E-state index in [0.29, 0.717) is 30.0 Å². The predicted octanol–water partition coefficient (Wildman–Crippen LogP) is 1.60. The lowest BCUT2D eigenvalue weighted by Gasteiger charge is -2.41. The number of piperidine rings is 1. The lowest BCUT2D eigenvalue weighted by Crippen LogP contribution is -2.48. The van der Waals surface area contributed by atoms with Crippen LogP contribution in [0.5, 0.6) is 0 Å². The van der Waals surface area contributed by atoms with Gasteiger partial charge >= 0.3 is 5.97 Å². The largest absolute Gasteiger partial charge is 0.457 e. The van der Waals surface area contributed by atoms with E-state index in [1.807, 2.05) is 13.0 Å². The fourth-order valence-electron chi connectivity index (χ4n) is 5.12. The minimum atomic E-state index is -0.673. The molecule has 3 aromatic rings. The SMILES string of the molecule is Cc1c(C(O)CN2CCCC(C)(CNC(=O)c3ccc(-n4cnnn4)nc3)C2)ccc2c1COC2=O. The fourth-order valence-corrected chi connectivity index (χ4v) is 5.12. The quantitative estimate of drug-likeness (QED) is 0.472. The summed E-state index contributed by atoms with van der Waals surface area (Å²) in [6.45, 7) is 7.00. The van der Waals surface area contributed by atoms with Gasteiger partial charge in [-0.3, -0.25) is 9.69 Å². The maximum Gasteiger partial charge on any atom is 0.338 e. The van der Waals surface area contributed by atoms with E-state index in [4.69, 9.17) is 4.74 Å². The Hall–Kier alpha value is -3.70. The summed E-state index contributed by atoms with van der Waals surface area (Å²) >= 11 is 0. The number of rotatable bonds is 7. The van der Waals surface area contributed by atoms with Crippen LogP contribution < -0.4 is 5.32 Å². The number of esters is 1. The summed E-state index contributed by atoms with van der Waals surface area (Å²) in [4.78, 5) is 31.1. The van der Waals surface area contributed by atoms with E-state index in [1.165, 1.54) is 17.2 Å². The molecular formula is C25H29N7O4. The molecule has 1 aromatic carbocycles. The Bertz CT molecular complexity index is 1260. The van der Waals surface area contributed by atoms with Gasteiger partial charge in [0, 0.05) is 31.4 Å². The molecule has 1 saturated heterocycles. The van der Waals surface area contributed by atoms with E-state index in [9.17, 15) is 14.7 Å². The zero-order valence-electron chi connectivity index (χ0n) is 20.3. The summed E-state index contributed by atoms with van der Waals surface area (Å²) in [5.41, 5.74) is 3.53. The number of hydrogen-bond donors (Lipinski definition) is 2. The lowest BCUT2D eigenvalue weighted by molar-refractivity contribution is 0.0502. The monoisotopic (exact) mass is 491 g/mol. The number of carbonyl (C=O) groups is 2. The number of ether oxygens (including phenoxy) is 1. The second-order valence-electron chi connectivity index (χ2n) is 9.89. The molecule has 11 heteroatoms. The standard InChI is InChI=1S/C25H29N7O4/c1-16-18(5-6-19-20(16)12-36-24(19)35)21(33)11-31-9-3-8-25(2,14-31)13-27-23(34)17-4-7-22(26-10-17)32-15-28-29-30-32/h4-7,10,15,21,33H,3,8-9,11-14H2,1-2H3,(H,27,34). The molecule has 188 valence electrons. The van der Waals surface area contributed by atoms with E-state index in [0.717, 1.165) is 42.6 Å². The Morgan fingerprint density at radius 3 is 2.92 bits per heavy atom. The van der Waals surface area contributed by atoms with Gasteiger partial charge in [-0.1, -0.05) is 13.0 Å². The van der Waals surface area contributed by atoms with Crippen LogP contribution in [0, 0.1) is 12.3 Å². The van der Waals surface area contributed by atoms with Crippen LogP contribution in [0.25, 0.3) is 5.82 Å². The highest BCUT2D eigenvalue weighted by atomic mass is 16.5. The number of benzene rings is 1. The first-order chi connectivity index (χ1) is 17.3. The van der Waals surface area contributed by atoms with Gasteiger partial charge in [0.2, 0.25) is 0 Å². The van der Waals surface area contributed by atoms with Gasteiger partial charge in [-0.2, -0.15) is 4.68 Å². The van der Waals surface area contributed by atoms with Gasteiger partial charge in [-0.25, -0.2) is 9.78 Å². The number of hydrogen-bond acceptors (Lipinski definition) is 9. The van der Waals surface area contributed by atoms with Gasteiger partial charge in [0.05, 0.1) is 17.2 Å². The molecule has 4 heterocycles. The smallest absolute Gasteiger partial charge is 0.338 e. The Balaban J connectivity index is 1.18. The maximum absolute atomic E-state index is 12.7. The topological polar surface area (TPSA) is 135 Å². The second-order valence-corrected chi connectivity index (χ2v) is 9.89. The number of aliphatic hydroxyl groups excluding tert-OH is 1. The van der Waals surface area contributed by atoms with Gasteiger partial charge in [0.15, 0.2) is 5.82 Å². The molecule has 11 nitrogen and oxygen atoms in total. The van der Waals surface area contributed by atoms with Crippen LogP contribution >= 0.6 is 0 Å². The van der Waals surface area contributed by atoms with E-state index < -0.39 is 6.10 Å². The van der Waals surface area contributed by atoms with Gasteiger partial charge in [0.1, 0.15) is 12.9 Å². The number of aromatic nitrogens is 5.